The molecule has 0 saturated heterocycles. The molecule has 0 aliphatic heterocycles. The summed E-state index contributed by atoms with van der Waals surface area (Å²) in [5.41, 5.74) is 1.04. The van der Waals surface area contributed by atoms with Crippen molar-refractivity contribution in [3.05, 3.63) is 29.8 Å². The number of hydrogen-bond donors (Lipinski definition) is 1. The predicted octanol–water partition coefficient (Wildman–Crippen LogP) is 2.66. The number of nitrogens with one attached hydrogen (secondary N) is 1. The zero-order valence-corrected chi connectivity index (χ0v) is 11.1. The quantitative estimate of drug-likeness (QED) is 0.845. The lowest BCUT2D eigenvalue weighted by Gasteiger charge is -2.14. The molecule has 1 atom stereocenters. The first-order chi connectivity index (χ1) is 7.67. The second-order valence-electron chi connectivity index (χ2n) is 3.50. The Balaban J connectivity index is 2.64. The number of rotatable bonds is 5. The van der Waals surface area contributed by atoms with Gasteiger partial charge in [0.05, 0.1) is 13.2 Å². The number of methoxy groups -OCH3 is 1. The molecule has 1 amide bonds. The molecule has 88 valence electrons. The first-order valence-corrected chi connectivity index (χ1v) is 6.28. The lowest BCUT2D eigenvalue weighted by atomic mass is 10.1. The van der Waals surface area contributed by atoms with Crippen LogP contribution in [0.3, 0.4) is 0 Å². The van der Waals surface area contributed by atoms with Gasteiger partial charge in [-0.2, -0.15) is 0 Å². The Kier molecular flexibility index (Phi) is 5.32. The van der Waals surface area contributed by atoms with Crippen LogP contribution in [-0.4, -0.2) is 18.3 Å². The molecule has 0 unspecified atom stereocenters. The van der Waals surface area contributed by atoms with Crippen molar-refractivity contribution >= 4 is 21.8 Å². The van der Waals surface area contributed by atoms with Crippen molar-refractivity contribution in [1.82, 2.24) is 5.32 Å². The summed E-state index contributed by atoms with van der Waals surface area (Å²) in [6.07, 6.45) is 0.494. The minimum Gasteiger partial charge on any atom is -0.497 e. The fraction of sp³-hybridized carbons (Fsp3) is 0.417. The second kappa shape index (κ2) is 6.53. The lowest BCUT2D eigenvalue weighted by molar-refractivity contribution is -0.121. The van der Waals surface area contributed by atoms with E-state index in [2.05, 4.69) is 21.2 Å². The third kappa shape index (κ3) is 3.85. The van der Waals surface area contributed by atoms with Gasteiger partial charge in [0.25, 0.3) is 0 Å². The van der Waals surface area contributed by atoms with Gasteiger partial charge < -0.3 is 10.1 Å². The van der Waals surface area contributed by atoms with Crippen LogP contribution in [0.25, 0.3) is 0 Å². The molecular weight excluding hydrogens is 270 g/mol. The van der Waals surface area contributed by atoms with Gasteiger partial charge in [-0.05, 0) is 24.6 Å². The summed E-state index contributed by atoms with van der Waals surface area (Å²) in [6.45, 7) is 1.96. The van der Waals surface area contributed by atoms with Crippen LogP contribution in [0.1, 0.15) is 24.9 Å². The van der Waals surface area contributed by atoms with Crippen LogP contribution in [0, 0.1) is 0 Å². The first-order valence-electron chi connectivity index (χ1n) is 5.16. The molecule has 4 heteroatoms. The van der Waals surface area contributed by atoms with E-state index >= 15 is 0 Å². The van der Waals surface area contributed by atoms with Crippen molar-refractivity contribution in [2.45, 2.75) is 19.4 Å². The van der Waals surface area contributed by atoms with Crippen molar-refractivity contribution in [3.63, 3.8) is 0 Å². The Labute approximate surface area is 104 Å². The Hall–Kier alpha value is -1.03. The Bertz CT molecular complexity index is 355. The molecule has 0 aromatic heterocycles. The largest absolute Gasteiger partial charge is 0.497 e. The Morgan fingerprint density at radius 1 is 1.56 bits per heavy atom. The molecule has 1 aromatic carbocycles. The number of carbonyl (C=O) groups is 1. The molecule has 0 spiro atoms. The summed E-state index contributed by atoms with van der Waals surface area (Å²) >= 11 is 3.24. The normalized spacial score (nSPS) is 11.9. The fourth-order valence-corrected chi connectivity index (χ4v) is 1.75. The van der Waals surface area contributed by atoms with Gasteiger partial charge in [-0.15, -0.1) is 0 Å². The first kappa shape index (κ1) is 13.0. The molecule has 1 N–H and O–H groups in total. The molecule has 1 rings (SSSR count). The number of carbonyl (C=O) groups excluding carboxylic acids is 1. The van der Waals surface area contributed by atoms with E-state index in [-0.39, 0.29) is 11.9 Å². The van der Waals surface area contributed by atoms with Gasteiger partial charge in [-0.3, -0.25) is 4.79 Å². The number of halogens is 1. The van der Waals surface area contributed by atoms with E-state index in [1.54, 1.807) is 7.11 Å². The van der Waals surface area contributed by atoms with Crippen LogP contribution in [0.4, 0.5) is 0 Å². The van der Waals surface area contributed by atoms with Crippen LogP contribution in [0.2, 0.25) is 0 Å². The average Bonchev–Trinajstić information content (AvgIpc) is 2.29. The molecule has 3 nitrogen and oxygen atoms in total. The smallest absolute Gasteiger partial charge is 0.221 e. The third-order valence-corrected chi connectivity index (χ3v) is 2.69. The lowest BCUT2D eigenvalue weighted by Crippen LogP contribution is -2.26. The van der Waals surface area contributed by atoms with Crippen molar-refractivity contribution in [1.29, 1.82) is 0 Å². The minimum absolute atomic E-state index is 0.00153. The summed E-state index contributed by atoms with van der Waals surface area (Å²) in [4.78, 5) is 11.4. The molecule has 0 fully saturated rings. The maximum absolute atomic E-state index is 11.4. The van der Waals surface area contributed by atoms with Gasteiger partial charge in [0.2, 0.25) is 5.91 Å². The monoisotopic (exact) mass is 285 g/mol. The molecule has 0 saturated carbocycles. The summed E-state index contributed by atoms with van der Waals surface area (Å²) in [5, 5.41) is 3.61. The summed E-state index contributed by atoms with van der Waals surface area (Å²) in [5.74, 6) is 0.853. The van der Waals surface area contributed by atoms with Gasteiger partial charge in [-0.25, -0.2) is 0 Å². The number of benzene rings is 1. The van der Waals surface area contributed by atoms with Crippen molar-refractivity contribution in [2.24, 2.45) is 0 Å². The highest BCUT2D eigenvalue weighted by Gasteiger charge is 2.09. The van der Waals surface area contributed by atoms with Crippen molar-refractivity contribution in [3.8, 4) is 5.75 Å². The maximum Gasteiger partial charge on any atom is 0.221 e. The molecule has 0 radical (unpaired) electrons. The Morgan fingerprint density at radius 2 is 2.31 bits per heavy atom. The summed E-state index contributed by atoms with van der Waals surface area (Å²) in [7, 11) is 1.63. The van der Waals surface area contributed by atoms with Gasteiger partial charge in [-0.1, -0.05) is 28.1 Å². The van der Waals surface area contributed by atoms with E-state index in [0.717, 1.165) is 11.3 Å². The van der Waals surface area contributed by atoms with Crippen LogP contribution < -0.4 is 10.1 Å². The van der Waals surface area contributed by atoms with Crippen LogP contribution in [0.15, 0.2) is 24.3 Å². The highest BCUT2D eigenvalue weighted by Crippen LogP contribution is 2.18. The van der Waals surface area contributed by atoms with Gasteiger partial charge >= 0.3 is 0 Å². The topological polar surface area (TPSA) is 38.3 Å². The average molecular weight is 286 g/mol. The molecule has 0 aliphatic carbocycles. The van der Waals surface area contributed by atoms with Gasteiger partial charge in [0.15, 0.2) is 0 Å². The van der Waals surface area contributed by atoms with Crippen LogP contribution in [-0.2, 0) is 4.79 Å². The van der Waals surface area contributed by atoms with E-state index in [1.807, 2.05) is 31.2 Å². The van der Waals surface area contributed by atoms with E-state index in [0.29, 0.717) is 11.8 Å². The second-order valence-corrected chi connectivity index (χ2v) is 4.30. The zero-order valence-electron chi connectivity index (χ0n) is 9.50. The zero-order chi connectivity index (χ0) is 12.0. The molecule has 0 aliphatic rings. The van der Waals surface area contributed by atoms with Crippen molar-refractivity contribution < 1.29 is 9.53 Å². The Morgan fingerprint density at radius 3 is 2.94 bits per heavy atom. The van der Waals surface area contributed by atoms with E-state index in [4.69, 9.17) is 4.74 Å². The fourth-order valence-electron chi connectivity index (χ4n) is 1.39. The maximum atomic E-state index is 11.4. The van der Waals surface area contributed by atoms with Crippen LogP contribution in [0.5, 0.6) is 5.75 Å². The standard InChI is InChI=1S/C12H16BrNO2/c1-9(14-12(15)6-7-13)10-4-3-5-11(8-10)16-2/h3-5,8-9H,6-7H2,1-2H3,(H,14,15)/t9-/m0/s1. The molecule has 0 heterocycles. The highest BCUT2D eigenvalue weighted by molar-refractivity contribution is 9.09. The van der Waals surface area contributed by atoms with E-state index < -0.39 is 0 Å². The molecule has 16 heavy (non-hydrogen) atoms. The summed E-state index contributed by atoms with van der Waals surface area (Å²) in [6, 6.07) is 7.71. The highest BCUT2D eigenvalue weighted by atomic mass is 79.9. The molecule has 1 aromatic rings. The van der Waals surface area contributed by atoms with Gasteiger partial charge in [0.1, 0.15) is 5.75 Å². The predicted molar refractivity (Wildman–Crippen MR) is 68.0 cm³/mol. The number of ether oxygens (including phenoxy) is 1. The molecular formula is C12H16BrNO2. The number of alkyl halides is 1. The third-order valence-electron chi connectivity index (χ3n) is 2.29. The minimum atomic E-state index is 0.00153. The van der Waals surface area contributed by atoms with Gasteiger partial charge in [0, 0.05) is 11.8 Å². The number of amides is 1. The van der Waals surface area contributed by atoms with Crippen LogP contribution >= 0.6 is 15.9 Å². The summed E-state index contributed by atoms with van der Waals surface area (Å²) < 4.78 is 5.14. The molecule has 0 bridgehead atoms. The number of hydrogen-bond acceptors (Lipinski definition) is 2. The SMILES string of the molecule is COc1cccc([C@H](C)NC(=O)CCBr)c1. The van der Waals surface area contributed by atoms with E-state index in [1.165, 1.54) is 0 Å². The van der Waals surface area contributed by atoms with Crippen molar-refractivity contribution in [2.75, 3.05) is 12.4 Å². The van der Waals surface area contributed by atoms with E-state index in [9.17, 15) is 4.79 Å².